The summed E-state index contributed by atoms with van der Waals surface area (Å²) in [5, 5.41) is 46.0. The second-order valence-corrected chi connectivity index (χ2v) is 14.4. The van der Waals surface area contributed by atoms with Gasteiger partial charge in [0.2, 0.25) is 0 Å². The lowest BCUT2D eigenvalue weighted by atomic mass is 10.1. The average molecular weight is 832 g/mol. The summed E-state index contributed by atoms with van der Waals surface area (Å²) >= 11 is 6.29. The molecule has 0 aliphatic carbocycles. The third-order valence-electron chi connectivity index (χ3n) is 5.22. The Morgan fingerprint density at radius 1 is 0.935 bits per heavy atom. The fourth-order valence-corrected chi connectivity index (χ4v) is 6.17. The van der Waals surface area contributed by atoms with Crippen molar-refractivity contribution in [3.8, 4) is 11.5 Å². The third-order valence-corrected chi connectivity index (χ3v) is 9.27. The van der Waals surface area contributed by atoms with E-state index in [4.69, 9.17) is 15.7 Å². The Morgan fingerprint density at radius 2 is 1.37 bits per heavy atom. The molecule has 0 heterocycles. The van der Waals surface area contributed by atoms with Gasteiger partial charge in [-0.3, -0.25) is 19.6 Å². The van der Waals surface area contributed by atoms with E-state index in [9.17, 15) is 33.5 Å². The molecule has 0 saturated heterocycles. The molecule has 0 radical (unpaired) electrons. The molecule has 16 nitrogen and oxygen atoms in total. The largest absolute Gasteiger partial charge is 0.507 e. The molecule has 0 aliphatic heterocycles. The van der Waals surface area contributed by atoms with E-state index in [1.54, 1.807) is 26.2 Å². The van der Waals surface area contributed by atoms with Crippen molar-refractivity contribution in [3.05, 3.63) is 56.5 Å². The summed E-state index contributed by atoms with van der Waals surface area (Å²) in [7, 11) is 1.65. The minimum Gasteiger partial charge on any atom is -0.507 e. The zero-order chi connectivity index (χ0) is 34.9. The van der Waals surface area contributed by atoms with Crippen molar-refractivity contribution < 1.29 is 42.3 Å². The van der Waals surface area contributed by atoms with E-state index in [0.717, 1.165) is 0 Å². The standard InChI is InChI=1S/C22H24Br2N4O9S3.C3H9N3/c23-15-9-13(1-3-19(15)29)11-17(27-32)21(30)25-5-7-38-39-8-6-26-22(31)18(28-33)12-14-2-4-20(16(24)10-14)37-40(34,35)36;1-6(2)3(4)5/h1-4,9-10,29,32-33H,5-8,11-12H2,(H,25,30)(H,26,31)(H,34,35,36);1-2H3,(H3,4,5)/b27-17-,28-18-;. The summed E-state index contributed by atoms with van der Waals surface area (Å²) in [6, 6.07) is 8.86. The van der Waals surface area contributed by atoms with Gasteiger partial charge < -0.3 is 41.0 Å². The third kappa shape index (κ3) is 16.4. The van der Waals surface area contributed by atoms with Gasteiger partial charge >= 0.3 is 10.4 Å². The van der Waals surface area contributed by atoms with Crippen LogP contribution < -0.4 is 20.6 Å². The van der Waals surface area contributed by atoms with Crippen LogP contribution in [0.1, 0.15) is 11.1 Å². The maximum Gasteiger partial charge on any atom is 0.446 e. The van der Waals surface area contributed by atoms with E-state index in [0.29, 0.717) is 33.7 Å². The van der Waals surface area contributed by atoms with Crippen LogP contribution in [0.3, 0.4) is 0 Å². The fourth-order valence-electron chi connectivity index (χ4n) is 2.94. The Bertz CT molecular complexity index is 1530. The Morgan fingerprint density at radius 3 is 1.74 bits per heavy atom. The number of carbonyl (C=O) groups excluding carboxylic acids is 2. The van der Waals surface area contributed by atoms with Crippen molar-refractivity contribution in [1.29, 1.82) is 5.41 Å². The summed E-state index contributed by atoms with van der Waals surface area (Å²) in [6.07, 6.45) is 0.0187. The van der Waals surface area contributed by atoms with Gasteiger partial charge in [0, 0.05) is 51.5 Å². The SMILES string of the molecule is CN(C)C(=N)N.O=C(NCCSSCCNC(=O)/C(Cc1ccc(OS(=O)(=O)O)c(Br)c1)=N\O)/C(Cc1ccc(O)c(Br)c1)=N\O. The van der Waals surface area contributed by atoms with E-state index in [1.165, 1.54) is 50.8 Å². The minimum atomic E-state index is -4.70. The number of rotatable bonds is 15. The first-order chi connectivity index (χ1) is 21.6. The Kier molecular flexibility index (Phi) is 18.4. The Labute approximate surface area is 290 Å². The molecule has 0 aliphatic rings. The topological polar surface area (TPSA) is 260 Å². The molecule has 46 heavy (non-hydrogen) atoms. The van der Waals surface area contributed by atoms with Crippen LogP contribution in [-0.4, -0.2) is 101 Å². The highest BCUT2D eigenvalue weighted by Gasteiger charge is 2.16. The smallest absolute Gasteiger partial charge is 0.446 e. The predicted molar refractivity (Wildman–Crippen MR) is 185 cm³/mol. The molecule has 21 heteroatoms. The van der Waals surface area contributed by atoms with Crippen molar-refractivity contribution in [2.24, 2.45) is 16.0 Å². The van der Waals surface area contributed by atoms with Crippen LogP contribution in [0, 0.1) is 5.41 Å². The van der Waals surface area contributed by atoms with Gasteiger partial charge in [-0.25, -0.2) is 0 Å². The second kappa shape index (κ2) is 20.8. The van der Waals surface area contributed by atoms with Crippen molar-refractivity contribution in [2.75, 3.05) is 38.7 Å². The zero-order valence-corrected chi connectivity index (χ0v) is 30.1. The molecule has 0 bridgehead atoms. The number of benzene rings is 2. The molecule has 0 spiro atoms. The number of aromatic hydroxyl groups is 1. The Balaban J connectivity index is 0.00000160. The normalized spacial score (nSPS) is 11.6. The van der Waals surface area contributed by atoms with E-state index >= 15 is 0 Å². The first-order valence-electron chi connectivity index (χ1n) is 12.7. The summed E-state index contributed by atoms with van der Waals surface area (Å²) in [5.74, 6) is -0.0515. The molecule has 2 aromatic carbocycles. The fraction of sp³-hybridized carbons (Fsp3) is 0.320. The summed E-state index contributed by atoms with van der Waals surface area (Å²) in [6.45, 7) is 0.586. The molecule has 0 fully saturated rings. The van der Waals surface area contributed by atoms with E-state index < -0.39 is 22.2 Å². The predicted octanol–water partition coefficient (Wildman–Crippen LogP) is 2.60. The lowest BCUT2D eigenvalue weighted by Crippen LogP contribution is -2.34. The number of halogens is 2. The van der Waals surface area contributed by atoms with Crippen molar-refractivity contribution in [2.45, 2.75) is 12.8 Å². The van der Waals surface area contributed by atoms with Crippen LogP contribution in [0.25, 0.3) is 0 Å². The van der Waals surface area contributed by atoms with Crippen LogP contribution in [0.4, 0.5) is 0 Å². The van der Waals surface area contributed by atoms with Gasteiger partial charge in [-0.05, 0) is 67.3 Å². The number of oxime groups is 2. The summed E-state index contributed by atoms with van der Waals surface area (Å²) in [4.78, 5) is 26.1. The van der Waals surface area contributed by atoms with Crippen LogP contribution in [-0.2, 0) is 32.8 Å². The van der Waals surface area contributed by atoms with Crippen LogP contribution in [0.2, 0.25) is 0 Å². The number of amides is 2. The molecule has 0 saturated carbocycles. The van der Waals surface area contributed by atoms with Gasteiger partial charge in [0.1, 0.15) is 17.2 Å². The highest BCUT2D eigenvalue weighted by molar-refractivity contribution is 9.11. The van der Waals surface area contributed by atoms with Crippen LogP contribution in [0.15, 0.2) is 55.7 Å². The van der Waals surface area contributed by atoms with Crippen molar-refractivity contribution in [3.63, 3.8) is 0 Å². The van der Waals surface area contributed by atoms with Gasteiger partial charge in [0.05, 0.1) is 8.95 Å². The molecule has 2 rings (SSSR count). The number of nitrogens with one attached hydrogen (secondary N) is 3. The quantitative estimate of drug-likeness (QED) is 0.0245. The van der Waals surface area contributed by atoms with E-state index in [2.05, 4.69) is 57.0 Å². The second-order valence-electron chi connectivity index (χ2n) is 8.94. The number of nitrogens with two attached hydrogens (primary N) is 1. The number of guanidine groups is 1. The summed E-state index contributed by atoms with van der Waals surface area (Å²) < 4.78 is 35.5. The molecule has 9 N–H and O–H groups in total. The lowest BCUT2D eigenvalue weighted by Gasteiger charge is -2.09. The minimum absolute atomic E-state index is 0.0554. The zero-order valence-electron chi connectivity index (χ0n) is 24.4. The molecule has 254 valence electrons. The van der Waals surface area contributed by atoms with Gasteiger partial charge in [-0.1, -0.05) is 44.0 Å². The molecule has 0 atom stereocenters. The van der Waals surface area contributed by atoms with Gasteiger partial charge in [0.15, 0.2) is 11.7 Å². The van der Waals surface area contributed by atoms with Gasteiger partial charge in [-0.2, -0.15) is 8.42 Å². The first kappa shape index (κ1) is 40.8. The van der Waals surface area contributed by atoms with Crippen molar-refractivity contribution in [1.82, 2.24) is 15.5 Å². The van der Waals surface area contributed by atoms with Gasteiger partial charge in [-0.15, -0.1) is 0 Å². The molecular formula is C25H33Br2N7O9S3. The highest BCUT2D eigenvalue weighted by Crippen LogP contribution is 2.27. The number of phenolic OH excluding ortho intramolecular Hbond substituents is 1. The maximum absolute atomic E-state index is 12.3. The Hall–Kier alpha value is -3.24. The summed E-state index contributed by atoms with van der Waals surface area (Å²) in [5.41, 5.74) is 5.88. The van der Waals surface area contributed by atoms with E-state index in [1.807, 2.05) is 0 Å². The monoisotopic (exact) mass is 829 g/mol. The van der Waals surface area contributed by atoms with Gasteiger partial charge in [0.25, 0.3) is 11.8 Å². The number of hydrogen-bond acceptors (Lipinski definition) is 13. The molecule has 2 amide bonds. The number of hydrogen-bond donors (Lipinski definition) is 8. The molecule has 0 unspecified atom stereocenters. The highest BCUT2D eigenvalue weighted by atomic mass is 79.9. The molecule has 0 aromatic heterocycles. The first-order valence-corrected chi connectivity index (χ1v) is 18.2. The average Bonchev–Trinajstić information content (AvgIpc) is 2.98. The molecule has 2 aromatic rings. The molecular weight excluding hydrogens is 798 g/mol. The maximum atomic E-state index is 12.3. The van der Waals surface area contributed by atoms with Crippen molar-refractivity contribution >= 4 is 93.0 Å². The number of nitrogens with zero attached hydrogens (tertiary/aromatic N) is 3. The van der Waals surface area contributed by atoms with Crippen LogP contribution >= 0.6 is 53.4 Å². The lowest BCUT2D eigenvalue weighted by molar-refractivity contribution is -0.115. The van der Waals surface area contributed by atoms with E-state index in [-0.39, 0.29) is 52.7 Å². The number of carbonyl (C=O) groups is 2. The number of phenols is 1. The van der Waals surface area contributed by atoms with Crippen LogP contribution in [0.5, 0.6) is 11.5 Å².